The van der Waals surface area contributed by atoms with E-state index < -0.39 is 0 Å². The lowest BCUT2D eigenvalue weighted by Gasteiger charge is -2.39. The number of amides is 1. The monoisotopic (exact) mass is 308 g/mol. The summed E-state index contributed by atoms with van der Waals surface area (Å²) in [5, 5.41) is 3.34. The lowest BCUT2D eigenvalue weighted by molar-refractivity contribution is 0.0600. The fraction of sp³-hybridized carbons (Fsp3) is 0.588. The second-order valence-electron chi connectivity index (χ2n) is 6.51. The molecule has 4 heteroatoms. The number of nitrogens with one attached hydrogen (secondary N) is 1. The molecule has 21 heavy (non-hydrogen) atoms. The Morgan fingerprint density at radius 3 is 2.71 bits per heavy atom. The number of carbonyl (C=O) groups excluding carboxylic acids is 1. The minimum Gasteiger partial charge on any atom is -0.384 e. The van der Waals surface area contributed by atoms with Gasteiger partial charge < -0.3 is 10.2 Å². The van der Waals surface area contributed by atoms with Gasteiger partial charge in [0.05, 0.1) is 0 Å². The van der Waals surface area contributed by atoms with Gasteiger partial charge in [0.15, 0.2) is 0 Å². The van der Waals surface area contributed by atoms with Gasteiger partial charge in [0.25, 0.3) is 5.91 Å². The normalized spacial score (nSPS) is 19.4. The highest BCUT2D eigenvalue weighted by Crippen LogP contribution is 2.34. The van der Waals surface area contributed by atoms with Crippen LogP contribution in [0.2, 0.25) is 0 Å². The molecule has 0 atom stereocenters. The van der Waals surface area contributed by atoms with Crippen molar-refractivity contribution in [2.45, 2.75) is 39.5 Å². The number of hydrogen-bond donors (Lipinski definition) is 1. The number of nitrogens with zero attached hydrogens (tertiary/aromatic N) is 1. The third-order valence-corrected chi connectivity index (χ3v) is 5.17. The summed E-state index contributed by atoms with van der Waals surface area (Å²) in [7, 11) is 0. The number of fused-ring (bicyclic) bond motifs is 1. The van der Waals surface area contributed by atoms with E-state index in [2.05, 4.69) is 31.3 Å². The van der Waals surface area contributed by atoms with Crippen molar-refractivity contribution in [1.82, 2.24) is 4.90 Å². The maximum Gasteiger partial charge on any atom is 0.253 e. The van der Waals surface area contributed by atoms with Gasteiger partial charge in [-0.25, -0.2) is 0 Å². The molecule has 2 aliphatic heterocycles. The highest BCUT2D eigenvalue weighted by molar-refractivity contribution is 5.95. The summed E-state index contributed by atoms with van der Waals surface area (Å²) in [6.07, 6.45) is 4.49. The van der Waals surface area contributed by atoms with Crippen molar-refractivity contribution in [2.24, 2.45) is 5.41 Å². The molecule has 0 spiro atoms. The molecule has 0 aliphatic carbocycles. The largest absolute Gasteiger partial charge is 0.384 e. The summed E-state index contributed by atoms with van der Waals surface area (Å²) in [6.45, 7) is 7.39. The first-order valence-electron chi connectivity index (χ1n) is 7.77. The molecule has 116 valence electrons. The topological polar surface area (TPSA) is 32.3 Å². The molecule has 0 bridgehead atoms. The number of halogens is 1. The molecule has 2 heterocycles. The predicted molar refractivity (Wildman–Crippen MR) is 89.4 cm³/mol. The van der Waals surface area contributed by atoms with Crippen molar-refractivity contribution in [3.05, 3.63) is 29.3 Å². The quantitative estimate of drug-likeness (QED) is 0.903. The highest BCUT2D eigenvalue weighted by Gasteiger charge is 2.30. The summed E-state index contributed by atoms with van der Waals surface area (Å²) in [5.41, 5.74) is 3.76. The zero-order chi connectivity index (χ0) is 14.2. The number of likely N-dealkylation sites (tertiary alicyclic amines) is 1. The maximum atomic E-state index is 12.6. The number of anilines is 1. The first-order valence-corrected chi connectivity index (χ1v) is 7.77. The maximum absolute atomic E-state index is 12.6. The van der Waals surface area contributed by atoms with E-state index in [0.717, 1.165) is 44.5 Å². The zero-order valence-corrected chi connectivity index (χ0v) is 13.8. The Morgan fingerprint density at radius 1 is 1.33 bits per heavy atom. The molecule has 0 radical (unpaired) electrons. The molecule has 1 aromatic rings. The van der Waals surface area contributed by atoms with Crippen molar-refractivity contribution in [2.75, 3.05) is 25.0 Å². The zero-order valence-electron chi connectivity index (χ0n) is 12.9. The Morgan fingerprint density at radius 2 is 2.05 bits per heavy atom. The van der Waals surface area contributed by atoms with Crippen LogP contribution in [0.1, 0.15) is 49.0 Å². The third kappa shape index (κ3) is 3.18. The Labute approximate surface area is 133 Å². The van der Waals surface area contributed by atoms with E-state index in [9.17, 15) is 4.79 Å². The molecule has 1 amide bonds. The number of carbonyl (C=O) groups is 1. The van der Waals surface area contributed by atoms with Gasteiger partial charge in [-0.3, -0.25) is 4.79 Å². The van der Waals surface area contributed by atoms with Gasteiger partial charge in [-0.2, -0.15) is 0 Å². The summed E-state index contributed by atoms with van der Waals surface area (Å²) in [6, 6.07) is 6.09. The van der Waals surface area contributed by atoms with Crippen LogP contribution in [-0.2, 0) is 6.42 Å². The molecule has 0 unspecified atom stereocenters. The fourth-order valence-electron chi connectivity index (χ4n) is 3.22. The van der Waals surface area contributed by atoms with E-state index in [-0.39, 0.29) is 18.3 Å². The van der Waals surface area contributed by atoms with Gasteiger partial charge >= 0.3 is 0 Å². The van der Waals surface area contributed by atoms with Crippen LogP contribution in [0, 0.1) is 5.41 Å². The number of hydrogen-bond acceptors (Lipinski definition) is 2. The predicted octanol–water partition coefficient (Wildman–Crippen LogP) is 3.73. The summed E-state index contributed by atoms with van der Waals surface area (Å²) in [5.74, 6) is 0.206. The molecule has 2 aliphatic rings. The second kappa shape index (κ2) is 6.27. The molecule has 1 aromatic carbocycles. The Bertz CT molecular complexity index is 522. The van der Waals surface area contributed by atoms with Crippen molar-refractivity contribution in [3.63, 3.8) is 0 Å². The van der Waals surface area contributed by atoms with Crippen molar-refractivity contribution < 1.29 is 4.79 Å². The minimum atomic E-state index is 0. The molecule has 0 aromatic heterocycles. The van der Waals surface area contributed by atoms with Crippen molar-refractivity contribution in [3.8, 4) is 0 Å². The SMILES string of the molecule is CCC1(C)CCN(C(=O)c2ccc3c(c2)CCN3)CC1.Cl. The average molecular weight is 309 g/mol. The van der Waals surface area contributed by atoms with E-state index in [1.54, 1.807) is 0 Å². The summed E-state index contributed by atoms with van der Waals surface area (Å²) >= 11 is 0. The van der Waals surface area contributed by atoms with Crippen LogP contribution in [0.3, 0.4) is 0 Å². The van der Waals surface area contributed by atoms with Crippen molar-refractivity contribution >= 4 is 24.0 Å². The molecule has 1 fully saturated rings. The van der Waals surface area contributed by atoms with Gasteiger partial charge in [0, 0.05) is 30.9 Å². The van der Waals surface area contributed by atoms with Crippen LogP contribution in [0.25, 0.3) is 0 Å². The number of benzene rings is 1. The Kier molecular flexibility index (Phi) is 4.82. The standard InChI is InChI=1S/C17H24N2O.ClH/c1-3-17(2)7-10-19(11-8-17)16(20)14-4-5-15-13(12-14)6-9-18-15;/h4-5,12,18H,3,6-11H2,1-2H3;1H. The molecule has 3 rings (SSSR count). The fourth-order valence-corrected chi connectivity index (χ4v) is 3.22. The lowest BCUT2D eigenvalue weighted by Crippen LogP contribution is -2.41. The van der Waals surface area contributed by atoms with Crippen LogP contribution < -0.4 is 5.32 Å². The van der Waals surface area contributed by atoms with Crippen molar-refractivity contribution in [1.29, 1.82) is 0 Å². The van der Waals surface area contributed by atoms with Crippen LogP contribution in [-0.4, -0.2) is 30.4 Å². The molecule has 1 saturated heterocycles. The summed E-state index contributed by atoms with van der Waals surface area (Å²) < 4.78 is 0. The van der Waals surface area contributed by atoms with Crippen LogP contribution in [0.4, 0.5) is 5.69 Å². The number of piperidine rings is 1. The van der Waals surface area contributed by atoms with Gasteiger partial charge in [0.2, 0.25) is 0 Å². The smallest absolute Gasteiger partial charge is 0.253 e. The summed E-state index contributed by atoms with van der Waals surface area (Å²) in [4.78, 5) is 14.6. The van der Waals surface area contributed by atoms with E-state index in [4.69, 9.17) is 0 Å². The molecule has 3 nitrogen and oxygen atoms in total. The first kappa shape index (κ1) is 16.2. The Balaban J connectivity index is 0.00000161. The third-order valence-electron chi connectivity index (χ3n) is 5.17. The van der Waals surface area contributed by atoms with E-state index in [1.807, 2.05) is 11.0 Å². The van der Waals surface area contributed by atoms with Gasteiger partial charge in [-0.05, 0) is 48.4 Å². The van der Waals surface area contributed by atoms with Crippen LogP contribution in [0.15, 0.2) is 18.2 Å². The average Bonchev–Trinajstić information content (AvgIpc) is 2.94. The second-order valence-corrected chi connectivity index (χ2v) is 6.51. The van der Waals surface area contributed by atoms with E-state index >= 15 is 0 Å². The van der Waals surface area contributed by atoms with Gasteiger partial charge in [0.1, 0.15) is 0 Å². The van der Waals surface area contributed by atoms with Crippen LogP contribution in [0.5, 0.6) is 0 Å². The van der Waals surface area contributed by atoms with E-state index in [0.29, 0.717) is 5.41 Å². The lowest BCUT2D eigenvalue weighted by atomic mass is 9.78. The van der Waals surface area contributed by atoms with Gasteiger partial charge in [-0.1, -0.05) is 20.3 Å². The Hall–Kier alpha value is -1.22. The molecular weight excluding hydrogens is 284 g/mol. The minimum absolute atomic E-state index is 0. The first-order chi connectivity index (χ1) is 9.61. The van der Waals surface area contributed by atoms with Crippen LogP contribution >= 0.6 is 12.4 Å². The molecular formula is C17H25ClN2O. The molecule has 0 saturated carbocycles. The number of rotatable bonds is 2. The van der Waals surface area contributed by atoms with E-state index in [1.165, 1.54) is 17.7 Å². The highest BCUT2D eigenvalue weighted by atomic mass is 35.5. The molecule has 1 N–H and O–H groups in total. The van der Waals surface area contributed by atoms with Gasteiger partial charge in [-0.15, -0.1) is 12.4 Å².